The van der Waals surface area contributed by atoms with Crippen LogP contribution in [-0.2, 0) is 0 Å². The van der Waals surface area contributed by atoms with Crippen molar-refractivity contribution >= 4 is 34.8 Å². The zero-order chi connectivity index (χ0) is 14.1. The van der Waals surface area contributed by atoms with E-state index in [2.05, 4.69) is 25.0 Å². The normalized spacial score (nSPS) is 10.8. The van der Waals surface area contributed by atoms with E-state index >= 15 is 0 Å². The smallest absolute Gasteiger partial charge is 0.223 e. The minimum atomic E-state index is 0.0246. The van der Waals surface area contributed by atoms with E-state index in [1.165, 1.54) is 17.3 Å². The summed E-state index contributed by atoms with van der Waals surface area (Å²) in [5.41, 5.74) is 0.560. The molecule has 0 atom stereocenters. The molecule has 6 nitrogen and oxygen atoms in total. The van der Waals surface area contributed by atoms with E-state index in [4.69, 9.17) is 34.8 Å². The van der Waals surface area contributed by atoms with Crippen LogP contribution in [0.25, 0.3) is 17.3 Å². The fraction of sp³-hybridized carbons (Fsp3) is 0. The molecule has 9 heteroatoms. The van der Waals surface area contributed by atoms with E-state index in [0.29, 0.717) is 21.4 Å². The Labute approximate surface area is 128 Å². The molecule has 2 aromatic heterocycles. The molecule has 0 N–H and O–H groups in total. The second kappa shape index (κ2) is 5.32. The lowest BCUT2D eigenvalue weighted by atomic mass is 10.2. The molecule has 20 heavy (non-hydrogen) atoms. The average Bonchev–Trinajstić information content (AvgIpc) is 2.95. The summed E-state index contributed by atoms with van der Waals surface area (Å²) in [6.07, 6.45) is 2.82. The minimum Gasteiger partial charge on any atom is -0.223 e. The van der Waals surface area contributed by atoms with Gasteiger partial charge in [-0.2, -0.15) is 24.7 Å². The Morgan fingerprint density at radius 3 is 2.60 bits per heavy atom. The van der Waals surface area contributed by atoms with Gasteiger partial charge in [0.15, 0.2) is 5.82 Å². The zero-order valence-electron chi connectivity index (χ0n) is 9.70. The van der Waals surface area contributed by atoms with E-state index in [1.807, 2.05) is 0 Å². The number of aromatic nitrogens is 6. The molecule has 0 aliphatic rings. The van der Waals surface area contributed by atoms with Gasteiger partial charge >= 0.3 is 0 Å². The Bertz CT molecular complexity index is 759. The SMILES string of the molecule is Clc1nc(-c2cccc(Cl)c2Cl)nc(-n2cncn2)n1. The summed E-state index contributed by atoms with van der Waals surface area (Å²) >= 11 is 18.0. The van der Waals surface area contributed by atoms with Gasteiger partial charge in [-0.15, -0.1) is 0 Å². The van der Waals surface area contributed by atoms with Crippen LogP contribution in [0.2, 0.25) is 15.3 Å². The molecule has 0 radical (unpaired) electrons. The third-order valence-corrected chi connectivity index (χ3v) is 3.40. The molecule has 0 saturated carbocycles. The van der Waals surface area contributed by atoms with Gasteiger partial charge in [0.2, 0.25) is 5.28 Å². The number of rotatable bonds is 2. The van der Waals surface area contributed by atoms with Gasteiger partial charge in [0, 0.05) is 5.56 Å². The average molecular weight is 328 g/mol. The summed E-state index contributed by atoms with van der Waals surface area (Å²) in [4.78, 5) is 16.1. The summed E-state index contributed by atoms with van der Waals surface area (Å²) in [5.74, 6) is 0.552. The van der Waals surface area contributed by atoms with Gasteiger partial charge in [-0.1, -0.05) is 29.3 Å². The third kappa shape index (κ3) is 2.45. The summed E-state index contributed by atoms with van der Waals surface area (Å²) < 4.78 is 1.37. The molecule has 3 aromatic rings. The van der Waals surface area contributed by atoms with Crippen molar-refractivity contribution in [2.24, 2.45) is 0 Å². The summed E-state index contributed by atoms with van der Waals surface area (Å²) in [7, 11) is 0. The predicted octanol–water partition coefficient (Wildman–Crippen LogP) is 3.08. The van der Waals surface area contributed by atoms with Gasteiger partial charge in [-0.3, -0.25) is 0 Å². The van der Waals surface area contributed by atoms with Crippen molar-refractivity contribution in [2.45, 2.75) is 0 Å². The van der Waals surface area contributed by atoms with Crippen molar-refractivity contribution in [1.29, 1.82) is 0 Å². The van der Waals surface area contributed by atoms with E-state index in [9.17, 15) is 0 Å². The Morgan fingerprint density at radius 2 is 1.85 bits per heavy atom. The van der Waals surface area contributed by atoms with Crippen LogP contribution in [0, 0.1) is 0 Å². The topological polar surface area (TPSA) is 69.4 Å². The molecule has 0 bridgehead atoms. The van der Waals surface area contributed by atoms with Gasteiger partial charge in [0.25, 0.3) is 5.95 Å². The molecule has 0 aliphatic carbocycles. The largest absolute Gasteiger partial charge is 0.256 e. The lowest BCUT2D eigenvalue weighted by Crippen LogP contribution is -2.05. The van der Waals surface area contributed by atoms with Gasteiger partial charge in [-0.05, 0) is 23.7 Å². The molecular formula is C11H5Cl3N6. The van der Waals surface area contributed by atoms with Crippen LogP contribution in [0.1, 0.15) is 0 Å². The van der Waals surface area contributed by atoms with Crippen molar-refractivity contribution in [3.05, 3.63) is 46.2 Å². The third-order valence-electron chi connectivity index (χ3n) is 2.41. The van der Waals surface area contributed by atoms with Gasteiger partial charge in [0.05, 0.1) is 10.0 Å². The van der Waals surface area contributed by atoms with Crippen molar-refractivity contribution in [1.82, 2.24) is 29.7 Å². The molecule has 2 heterocycles. The summed E-state index contributed by atoms with van der Waals surface area (Å²) in [6, 6.07) is 5.16. The standard InChI is InChI=1S/C11H5Cl3N6/c12-7-3-1-2-6(8(7)13)9-17-10(14)19-11(18-9)20-5-15-4-16-20/h1-5H. The van der Waals surface area contributed by atoms with Crippen LogP contribution >= 0.6 is 34.8 Å². The van der Waals surface area contributed by atoms with Crippen LogP contribution < -0.4 is 0 Å². The summed E-state index contributed by atoms with van der Waals surface area (Å²) in [6.45, 7) is 0. The van der Waals surface area contributed by atoms with Crippen LogP contribution in [-0.4, -0.2) is 29.7 Å². The Balaban J connectivity index is 2.17. The maximum Gasteiger partial charge on any atom is 0.256 e. The Hall–Kier alpha value is -1.76. The lowest BCUT2D eigenvalue weighted by Gasteiger charge is -2.06. The quantitative estimate of drug-likeness (QED) is 0.723. The molecule has 0 fully saturated rings. The first-order chi connectivity index (χ1) is 9.65. The fourth-order valence-corrected chi connectivity index (χ4v) is 2.09. The molecule has 0 unspecified atom stereocenters. The van der Waals surface area contributed by atoms with Crippen LogP contribution in [0.5, 0.6) is 0 Å². The molecule has 0 spiro atoms. The van der Waals surface area contributed by atoms with Crippen molar-refractivity contribution in [2.75, 3.05) is 0 Å². The first kappa shape index (κ1) is 13.2. The van der Waals surface area contributed by atoms with E-state index in [0.717, 1.165) is 0 Å². The first-order valence-electron chi connectivity index (χ1n) is 5.36. The number of halogens is 3. The number of nitrogens with zero attached hydrogens (tertiary/aromatic N) is 6. The lowest BCUT2D eigenvalue weighted by molar-refractivity contribution is 0.796. The second-order valence-corrected chi connectivity index (χ2v) is 4.79. The number of benzene rings is 1. The molecule has 0 aliphatic heterocycles. The predicted molar refractivity (Wildman–Crippen MR) is 75.2 cm³/mol. The maximum atomic E-state index is 6.15. The molecule has 1 aromatic carbocycles. The highest BCUT2D eigenvalue weighted by molar-refractivity contribution is 6.43. The van der Waals surface area contributed by atoms with Crippen LogP contribution in [0.4, 0.5) is 0 Å². The Kier molecular flexibility index (Phi) is 3.52. The zero-order valence-corrected chi connectivity index (χ0v) is 12.0. The second-order valence-electron chi connectivity index (χ2n) is 3.67. The van der Waals surface area contributed by atoms with E-state index < -0.39 is 0 Å². The molecule has 100 valence electrons. The van der Waals surface area contributed by atoms with Crippen molar-refractivity contribution < 1.29 is 0 Å². The van der Waals surface area contributed by atoms with E-state index in [-0.39, 0.29) is 11.2 Å². The number of hydrogen-bond donors (Lipinski definition) is 0. The monoisotopic (exact) mass is 326 g/mol. The van der Waals surface area contributed by atoms with Crippen molar-refractivity contribution in [3.8, 4) is 17.3 Å². The minimum absolute atomic E-state index is 0.0246. The van der Waals surface area contributed by atoms with Crippen molar-refractivity contribution in [3.63, 3.8) is 0 Å². The highest BCUT2D eigenvalue weighted by Gasteiger charge is 2.13. The maximum absolute atomic E-state index is 6.15. The summed E-state index contributed by atoms with van der Waals surface area (Å²) in [5, 5.41) is 4.72. The highest BCUT2D eigenvalue weighted by atomic mass is 35.5. The van der Waals surface area contributed by atoms with Gasteiger partial charge < -0.3 is 0 Å². The van der Waals surface area contributed by atoms with E-state index in [1.54, 1.807) is 18.2 Å². The van der Waals surface area contributed by atoms with Crippen LogP contribution in [0.3, 0.4) is 0 Å². The molecular weight excluding hydrogens is 323 g/mol. The molecule has 0 amide bonds. The van der Waals surface area contributed by atoms with Gasteiger partial charge in [-0.25, -0.2) is 4.98 Å². The molecule has 3 rings (SSSR count). The first-order valence-corrected chi connectivity index (χ1v) is 6.49. The van der Waals surface area contributed by atoms with Gasteiger partial charge in [0.1, 0.15) is 12.7 Å². The Morgan fingerprint density at radius 1 is 1.00 bits per heavy atom. The molecule has 0 saturated heterocycles. The highest BCUT2D eigenvalue weighted by Crippen LogP contribution is 2.31. The fourth-order valence-electron chi connectivity index (χ4n) is 1.55. The van der Waals surface area contributed by atoms with Crippen LogP contribution in [0.15, 0.2) is 30.9 Å². The number of hydrogen-bond acceptors (Lipinski definition) is 5.